The second kappa shape index (κ2) is 7.59. The zero-order valence-corrected chi connectivity index (χ0v) is 13.9. The summed E-state index contributed by atoms with van der Waals surface area (Å²) in [6.45, 7) is 2.37. The quantitative estimate of drug-likeness (QED) is 0.904. The van der Waals surface area contributed by atoms with E-state index in [1.54, 1.807) is 6.07 Å². The van der Waals surface area contributed by atoms with Gasteiger partial charge in [-0.15, -0.1) is 0 Å². The third kappa shape index (κ3) is 4.62. The molecule has 138 valence electrons. The number of anilines is 1. The van der Waals surface area contributed by atoms with Crippen LogP contribution in [0.15, 0.2) is 18.3 Å². The Labute approximate surface area is 144 Å². The number of aromatic nitrogens is 1. The highest BCUT2D eigenvalue weighted by molar-refractivity contribution is 5.80. The maximum Gasteiger partial charge on any atom is 0.433 e. The van der Waals surface area contributed by atoms with E-state index in [0.717, 1.165) is 31.7 Å². The van der Waals surface area contributed by atoms with Gasteiger partial charge >= 0.3 is 6.18 Å². The van der Waals surface area contributed by atoms with Gasteiger partial charge < -0.3 is 15.0 Å². The molecule has 8 heteroatoms. The first-order valence-electron chi connectivity index (χ1n) is 8.60. The summed E-state index contributed by atoms with van der Waals surface area (Å²) in [5.41, 5.74) is -0.440. The number of ether oxygens (including phenoxy) is 1. The number of alkyl halides is 3. The fraction of sp³-hybridized carbons (Fsp3) is 0.647. The average Bonchev–Trinajstić information content (AvgIpc) is 2.62. The number of amides is 1. The maximum atomic E-state index is 12.8. The van der Waals surface area contributed by atoms with Crippen molar-refractivity contribution in [2.24, 2.45) is 5.92 Å². The van der Waals surface area contributed by atoms with Gasteiger partial charge in [-0.2, -0.15) is 13.2 Å². The highest BCUT2D eigenvalue weighted by Gasteiger charge is 2.34. The van der Waals surface area contributed by atoms with Crippen molar-refractivity contribution in [2.75, 3.05) is 31.2 Å². The molecule has 0 spiro atoms. The van der Waals surface area contributed by atoms with E-state index in [4.69, 9.17) is 4.74 Å². The number of piperidine rings is 1. The normalized spacial score (nSPS) is 22.7. The highest BCUT2D eigenvalue weighted by atomic mass is 19.4. The Bertz CT molecular complexity index is 603. The summed E-state index contributed by atoms with van der Waals surface area (Å²) in [4.78, 5) is 17.7. The van der Waals surface area contributed by atoms with Crippen molar-refractivity contribution in [1.29, 1.82) is 0 Å². The van der Waals surface area contributed by atoms with Crippen LogP contribution in [0.4, 0.5) is 18.9 Å². The van der Waals surface area contributed by atoms with Crippen LogP contribution in [-0.4, -0.2) is 43.2 Å². The van der Waals surface area contributed by atoms with Crippen LogP contribution in [0, 0.1) is 5.92 Å². The molecule has 0 aromatic carbocycles. The summed E-state index contributed by atoms with van der Waals surface area (Å²) in [7, 11) is 0. The average molecular weight is 357 g/mol. The van der Waals surface area contributed by atoms with E-state index in [2.05, 4.69) is 10.3 Å². The fourth-order valence-corrected chi connectivity index (χ4v) is 3.36. The third-order valence-corrected chi connectivity index (χ3v) is 4.76. The SMILES string of the molecule is O=C(NC1CCOCC1)C1CCCN(c2ccnc(C(F)(F)F)c2)C1. The first-order chi connectivity index (χ1) is 11.9. The largest absolute Gasteiger partial charge is 0.433 e. The Hall–Kier alpha value is -1.83. The van der Waals surface area contributed by atoms with Crippen LogP contribution >= 0.6 is 0 Å². The molecule has 1 aromatic rings. The number of pyridine rings is 1. The van der Waals surface area contributed by atoms with E-state index in [-0.39, 0.29) is 17.9 Å². The Kier molecular flexibility index (Phi) is 5.46. The topological polar surface area (TPSA) is 54.5 Å². The molecule has 2 aliphatic rings. The summed E-state index contributed by atoms with van der Waals surface area (Å²) in [6, 6.07) is 2.75. The monoisotopic (exact) mass is 357 g/mol. The Morgan fingerprint density at radius 1 is 1.28 bits per heavy atom. The molecule has 1 amide bonds. The molecule has 5 nitrogen and oxygen atoms in total. The zero-order chi connectivity index (χ0) is 17.9. The second-order valence-electron chi connectivity index (χ2n) is 6.58. The lowest BCUT2D eigenvalue weighted by molar-refractivity contribution is -0.141. The Balaban J connectivity index is 1.63. The van der Waals surface area contributed by atoms with Crippen molar-refractivity contribution in [2.45, 2.75) is 37.9 Å². The van der Waals surface area contributed by atoms with Crippen LogP contribution in [0.3, 0.4) is 0 Å². The van der Waals surface area contributed by atoms with Gasteiger partial charge in [0.2, 0.25) is 5.91 Å². The number of hydrogen-bond acceptors (Lipinski definition) is 4. The van der Waals surface area contributed by atoms with Crippen molar-refractivity contribution in [3.05, 3.63) is 24.0 Å². The zero-order valence-electron chi connectivity index (χ0n) is 13.9. The molecule has 1 aromatic heterocycles. The molecule has 2 aliphatic heterocycles. The van der Waals surface area contributed by atoms with Gasteiger partial charge in [-0.05, 0) is 37.8 Å². The number of carbonyl (C=O) groups excluding carboxylic acids is 1. The van der Waals surface area contributed by atoms with Crippen LogP contribution in [0.1, 0.15) is 31.4 Å². The first kappa shape index (κ1) is 18.0. The lowest BCUT2D eigenvalue weighted by Crippen LogP contribution is -2.47. The van der Waals surface area contributed by atoms with E-state index in [1.165, 1.54) is 6.20 Å². The van der Waals surface area contributed by atoms with Gasteiger partial charge in [0.05, 0.1) is 5.92 Å². The van der Waals surface area contributed by atoms with Crippen molar-refractivity contribution in [3.63, 3.8) is 0 Å². The molecule has 0 bridgehead atoms. The first-order valence-corrected chi connectivity index (χ1v) is 8.60. The van der Waals surface area contributed by atoms with Crippen molar-refractivity contribution in [1.82, 2.24) is 10.3 Å². The predicted molar refractivity (Wildman–Crippen MR) is 86.2 cm³/mol. The minimum Gasteiger partial charge on any atom is -0.381 e. The van der Waals surface area contributed by atoms with E-state index < -0.39 is 11.9 Å². The second-order valence-corrected chi connectivity index (χ2v) is 6.58. The van der Waals surface area contributed by atoms with E-state index in [0.29, 0.717) is 32.0 Å². The maximum absolute atomic E-state index is 12.8. The molecule has 2 fully saturated rings. The van der Waals surface area contributed by atoms with Gasteiger partial charge in [-0.1, -0.05) is 0 Å². The van der Waals surface area contributed by atoms with E-state index in [1.807, 2.05) is 4.90 Å². The molecule has 3 rings (SSSR count). The molecule has 0 aliphatic carbocycles. The molecule has 25 heavy (non-hydrogen) atoms. The van der Waals surface area contributed by atoms with E-state index in [9.17, 15) is 18.0 Å². The number of halogens is 3. The minimum atomic E-state index is -4.47. The standard InChI is InChI=1S/C17H22F3N3O2/c18-17(19,20)15-10-14(3-6-21-15)23-7-1-2-12(11-23)16(24)22-13-4-8-25-9-5-13/h3,6,10,12-13H,1-2,4-5,7-9,11H2,(H,22,24). The predicted octanol–water partition coefficient (Wildman–Crippen LogP) is 2.61. The van der Waals surface area contributed by atoms with Gasteiger partial charge in [-0.25, -0.2) is 0 Å². The highest BCUT2D eigenvalue weighted by Crippen LogP contribution is 2.31. The fourth-order valence-electron chi connectivity index (χ4n) is 3.36. The molecule has 1 N–H and O–H groups in total. The number of rotatable bonds is 3. The van der Waals surface area contributed by atoms with Crippen LogP contribution in [-0.2, 0) is 15.7 Å². The summed E-state index contributed by atoms with van der Waals surface area (Å²) < 4.78 is 43.8. The Morgan fingerprint density at radius 2 is 2.04 bits per heavy atom. The van der Waals surface area contributed by atoms with Crippen molar-refractivity contribution >= 4 is 11.6 Å². The van der Waals surface area contributed by atoms with E-state index >= 15 is 0 Å². The van der Waals surface area contributed by atoms with Crippen molar-refractivity contribution < 1.29 is 22.7 Å². The molecule has 0 saturated carbocycles. The van der Waals surface area contributed by atoms with Gasteiger partial charge in [0.1, 0.15) is 5.69 Å². The number of nitrogens with one attached hydrogen (secondary N) is 1. The summed E-state index contributed by atoms with van der Waals surface area (Å²) in [5, 5.41) is 3.06. The smallest absolute Gasteiger partial charge is 0.381 e. The molecule has 1 unspecified atom stereocenters. The molecular formula is C17H22F3N3O2. The van der Waals surface area contributed by atoms with Gasteiger partial charge in [0.15, 0.2) is 0 Å². The summed E-state index contributed by atoms with van der Waals surface area (Å²) in [6.07, 6.45) is -0.156. The number of carbonyl (C=O) groups is 1. The minimum absolute atomic E-state index is 0.0123. The van der Waals surface area contributed by atoms with Crippen LogP contribution in [0.5, 0.6) is 0 Å². The molecule has 3 heterocycles. The Morgan fingerprint density at radius 3 is 2.76 bits per heavy atom. The lowest BCUT2D eigenvalue weighted by Gasteiger charge is -2.35. The van der Waals surface area contributed by atoms with Gasteiger partial charge in [0.25, 0.3) is 0 Å². The lowest BCUT2D eigenvalue weighted by atomic mass is 9.95. The summed E-state index contributed by atoms with van der Waals surface area (Å²) in [5.74, 6) is -0.221. The molecule has 2 saturated heterocycles. The van der Waals surface area contributed by atoms with Gasteiger partial charge in [-0.3, -0.25) is 9.78 Å². The number of hydrogen-bond donors (Lipinski definition) is 1. The molecular weight excluding hydrogens is 335 g/mol. The van der Waals surface area contributed by atoms with Crippen molar-refractivity contribution in [3.8, 4) is 0 Å². The molecule has 0 radical (unpaired) electrons. The third-order valence-electron chi connectivity index (χ3n) is 4.76. The summed E-state index contributed by atoms with van der Waals surface area (Å²) >= 11 is 0. The molecule has 1 atom stereocenters. The number of nitrogens with zero attached hydrogens (tertiary/aromatic N) is 2. The van der Waals surface area contributed by atoms with Gasteiger partial charge in [0, 0.05) is 44.2 Å². The van der Waals surface area contributed by atoms with Crippen LogP contribution < -0.4 is 10.2 Å². The van der Waals surface area contributed by atoms with Crippen LogP contribution in [0.25, 0.3) is 0 Å². The van der Waals surface area contributed by atoms with Crippen LogP contribution in [0.2, 0.25) is 0 Å².